The molecule has 162 valence electrons. The number of unbranched alkanes of at least 4 members (excludes halogenated alkanes) is 2. The molecule has 0 unspecified atom stereocenters. The van der Waals surface area contributed by atoms with Crippen LogP contribution in [0.1, 0.15) is 129 Å². The van der Waals surface area contributed by atoms with Crippen LogP contribution in [0.25, 0.3) is 0 Å². The zero-order valence-electron chi connectivity index (χ0n) is 18.9. The van der Waals surface area contributed by atoms with Crippen LogP contribution < -0.4 is 0 Å². The van der Waals surface area contributed by atoms with Crippen molar-refractivity contribution in [3.63, 3.8) is 0 Å². The molecule has 3 aliphatic rings. The van der Waals surface area contributed by atoms with Crippen LogP contribution in [0, 0.1) is 22.7 Å². The molecule has 0 aromatic carbocycles. The van der Waals surface area contributed by atoms with Crippen LogP contribution in [0.4, 0.5) is 0 Å². The van der Waals surface area contributed by atoms with Crippen LogP contribution in [0.5, 0.6) is 0 Å². The van der Waals surface area contributed by atoms with Gasteiger partial charge in [-0.1, -0.05) is 77.6 Å². The van der Waals surface area contributed by atoms with Gasteiger partial charge in [-0.2, -0.15) is 0 Å². The number of ether oxygens (including phenoxy) is 1. The van der Waals surface area contributed by atoms with Gasteiger partial charge >= 0.3 is 5.97 Å². The van der Waals surface area contributed by atoms with Gasteiger partial charge in [0.2, 0.25) is 0 Å². The van der Waals surface area contributed by atoms with E-state index in [4.69, 9.17) is 4.74 Å². The lowest BCUT2D eigenvalue weighted by Gasteiger charge is -2.55. The van der Waals surface area contributed by atoms with Gasteiger partial charge in [0.05, 0.1) is 12.0 Å². The SMILES string of the molecule is CCCCC[C@]1(C2(C(=O)OCC)CCCCC2)CC[C@@H](C2CCCCC2)CC1. The standard InChI is InChI=1S/C26H46O2/c1-3-5-10-17-25(26(24(27)28-4-2)18-11-7-12-19-26)20-15-23(16-21-25)22-13-8-6-9-14-22/h22-23H,3-21H2,1-2H3/t23-,25+. The van der Waals surface area contributed by atoms with Crippen LogP contribution in [-0.2, 0) is 9.53 Å². The maximum Gasteiger partial charge on any atom is 0.312 e. The van der Waals surface area contributed by atoms with E-state index < -0.39 is 0 Å². The number of hydrogen-bond acceptors (Lipinski definition) is 2. The fourth-order valence-corrected chi connectivity index (χ4v) is 7.33. The molecule has 0 heterocycles. The van der Waals surface area contributed by atoms with E-state index in [2.05, 4.69) is 6.92 Å². The number of carbonyl (C=O) groups is 1. The minimum absolute atomic E-state index is 0.169. The third-order valence-electron chi connectivity index (χ3n) is 8.95. The first-order valence-electron chi connectivity index (χ1n) is 12.8. The first kappa shape index (κ1) is 22.2. The molecule has 0 N–H and O–H groups in total. The second-order valence-corrected chi connectivity index (χ2v) is 10.3. The Kier molecular flexibility index (Phi) is 8.30. The molecule has 0 atom stereocenters. The van der Waals surface area contributed by atoms with Gasteiger partial charge in [0, 0.05) is 0 Å². The predicted octanol–water partition coefficient (Wildman–Crippen LogP) is 7.84. The van der Waals surface area contributed by atoms with Crippen molar-refractivity contribution in [1.82, 2.24) is 0 Å². The lowest BCUT2D eigenvalue weighted by atomic mass is 9.49. The first-order chi connectivity index (χ1) is 13.7. The summed E-state index contributed by atoms with van der Waals surface area (Å²) in [5.74, 6) is 2.08. The topological polar surface area (TPSA) is 26.3 Å². The first-order valence-corrected chi connectivity index (χ1v) is 12.8. The summed E-state index contributed by atoms with van der Waals surface area (Å²) in [5, 5.41) is 0. The van der Waals surface area contributed by atoms with Crippen molar-refractivity contribution < 1.29 is 9.53 Å². The molecule has 3 fully saturated rings. The molecule has 0 aliphatic heterocycles. The summed E-state index contributed by atoms with van der Waals surface area (Å²) >= 11 is 0. The van der Waals surface area contributed by atoms with Gasteiger partial charge in [0.25, 0.3) is 0 Å². The second kappa shape index (κ2) is 10.5. The summed E-state index contributed by atoms with van der Waals surface area (Å²) in [4.78, 5) is 13.4. The number of rotatable bonds is 8. The minimum Gasteiger partial charge on any atom is -0.466 e. The Morgan fingerprint density at radius 2 is 1.39 bits per heavy atom. The summed E-state index contributed by atoms with van der Waals surface area (Å²) in [7, 11) is 0. The Hall–Kier alpha value is -0.530. The smallest absolute Gasteiger partial charge is 0.312 e. The minimum atomic E-state index is -0.174. The van der Waals surface area contributed by atoms with Crippen molar-refractivity contribution in [3.05, 3.63) is 0 Å². The molecule has 3 aliphatic carbocycles. The Bertz CT molecular complexity index is 463. The van der Waals surface area contributed by atoms with Gasteiger partial charge in [-0.15, -0.1) is 0 Å². The molecule has 0 aromatic heterocycles. The van der Waals surface area contributed by atoms with E-state index in [0.717, 1.165) is 24.7 Å². The van der Waals surface area contributed by atoms with E-state index in [9.17, 15) is 4.79 Å². The maximum atomic E-state index is 13.4. The van der Waals surface area contributed by atoms with Gasteiger partial charge in [0.1, 0.15) is 0 Å². The zero-order valence-corrected chi connectivity index (χ0v) is 18.9. The van der Waals surface area contributed by atoms with Gasteiger partial charge < -0.3 is 4.74 Å². The quantitative estimate of drug-likeness (QED) is 0.312. The lowest BCUT2D eigenvalue weighted by molar-refractivity contribution is -0.174. The Morgan fingerprint density at radius 3 is 2.00 bits per heavy atom. The average molecular weight is 391 g/mol. The van der Waals surface area contributed by atoms with Crippen molar-refractivity contribution in [2.75, 3.05) is 6.61 Å². The highest BCUT2D eigenvalue weighted by molar-refractivity contribution is 5.78. The molecule has 2 heteroatoms. The van der Waals surface area contributed by atoms with Gasteiger partial charge in [0.15, 0.2) is 0 Å². The van der Waals surface area contributed by atoms with Crippen molar-refractivity contribution in [3.8, 4) is 0 Å². The molecule has 3 saturated carbocycles. The van der Waals surface area contributed by atoms with Crippen LogP contribution >= 0.6 is 0 Å². The molecule has 0 aromatic rings. The summed E-state index contributed by atoms with van der Waals surface area (Å²) in [6, 6.07) is 0. The number of hydrogen-bond donors (Lipinski definition) is 0. The van der Waals surface area contributed by atoms with E-state index in [1.165, 1.54) is 103 Å². The molecule has 0 amide bonds. The summed E-state index contributed by atoms with van der Waals surface area (Å²) in [5.41, 5.74) is 0.0482. The molecule has 3 rings (SSSR count). The predicted molar refractivity (Wildman–Crippen MR) is 117 cm³/mol. The summed E-state index contributed by atoms with van der Waals surface area (Å²) in [6.07, 6.45) is 23.7. The van der Waals surface area contributed by atoms with Crippen LogP contribution in [0.2, 0.25) is 0 Å². The third-order valence-corrected chi connectivity index (χ3v) is 8.95. The lowest BCUT2D eigenvalue weighted by Crippen LogP contribution is -2.52. The van der Waals surface area contributed by atoms with E-state index in [1.807, 2.05) is 6.92 Å². The van der Waals surface area contributed by atoms with E-state index >= 15 is 0 Å². The second-order valence-electron chi connectivity index (χ2n) is 10.3. The maximum absolute atomic E-state index is 13.4. The highest BCUT2D eigenvalue weighted by Gasteiger charge is 2.57. The van der Waals surface area contributed by atoms with E-state index in [-0.39, 0.29) is 16.8 Å². The van der Waals surface area contributed by atoms with Gasteiger partial charge in [-0.25, -0.2) is 0 Å². The molecular formula is C26H46O2. The molecule has 0 radical (unpaired) electrons. The summed E-state index contributed by atoms with van der Waals surface area (Å²) in [6.45, 7) is 4.82. The van der Waals surface area contributed by atoms with E-state index in [0.29, 0.717) is 6.61 Å². The Labute approximate surface area is 174 Å². The number of esters is 1. The molecule has 2 nitrogen and oxygen atoms in total. The van der Waals surface area contributed by atoms with E-state index in [1.54, 1.807) is 0 Å². The van der Waals surface area contributed by atoms with Crippen LogP contribution in [-0.4, -0.2) is 12.6 Å². The largest absolute Gasteiger partial charge is 0.466 e. The fourth-order valence-electron chi connectivity index (χ4n) is 7.33. The van der Waals surface area contributed by atoms with Crippen LogP contribution in [0.3, 0.4) is 0 Å². The van der Waals surface area contributed by atoms with Gasteiger partial charge in [-0.3, -0.25) is 4.79 Å². The Balaban J connectivity index is 1.79. The molecule has 0 spiro atoms. The highest BCUT2D eigenvalue weighted by atomic mass is 16.5. The van der Waals surface area contributed by atoms with Crippen LogP contribution in [0.15, 0.2) is 0 Å². The average Bonchev–Trinajstić information content (AvgIpc) is 2.75. The van der Waals surface area contributed by atoms with Crippen molar-refractivity contribution in [2.24, 2.45) is 22.7 Å². The van der Waals surface area contributed by atoms with Crippen molar-refractivity contribution in [1.29, 1.82) is 0 Å². The molecule has 0 bridgehead atoms. The fraction of sp³-hybridized carbons (Fsp3) is 0.962. The number of carbonyl (C=O) groups excluding carboxylic acids is 1. The Morgan fingerprint density at radius 1 is 0.786 bits per heavy atom. The van der Waals surface area contributed by atoms with Crippen molar-refractivity contribution >= 4 is 5.97 Å². The normalized spacial score (nSPS) is 31.4. The third kappa shape index (κ3) is 4.62. The van der Waals surface area contributed by atoms with Gasteiger partial charge in [-0.05, 0) is 69.1 Å². The molecular weight excluding hydrogens is 344 g/mol. The monoisotopic (exact) mass is 390 g/mol. The highest BCUT2D eigenvalue weighted by Crippen LogP contribution is 2.61. The zero-order chi connectivity index (χ0) is 19.9. The molecule has 0 saturated heterocycles. The van der Waals surface area contributed by atoms with Crippen molar-refractivity contribution in [2.45, 2.75) is 129 Å². The summed E-state index contributed by atoms with van der Waals surface area (Å²) < 4.78 is 5.77. The molecule has 28 heavy (non-hydrogen) atoms.